The van der Waals surface area contributed by atoms with Crippen LogP contribution in [0.2, 0.25) is 0 Å². The van der Waals surface area contributed by atoms with Crippen LogP contribution in [0.15, 0.2) is 0 Å². The van der Waals surface area contributed by atoms with Crippen LogP contribution in [0.4, 0.5) is 0 Å². The average Bonchev–Trinajstić information content (AvgIpc) is 2.47. The van der Waals surface area contributed by atoms with Crippen LogP contribution >= 0.6 is 16.5 Å². The molecular weight excluding hydrogens is 318 g/mol. The molecule has 21 heavy (non-hydrogen) atoms. The predicted octanol–water partition coefficient (Wildman–Crippen LogP) is 3.98. The molecule has 2 atom stereocenters. The summed E-state index contributed by atoms with van der Waals surface area (Å²) in [6, 6.07) is 0. The summed E-state index contributed by atoms with van der Waals surface area (Å²) in [5.41, 5.74) is 0. The van der Waals surface area contributed by atoms with Gasteiger partial charge in [0, 0.05) is 9.13 Å². The maximum atomic E-state index is 11.2. The minimum absolute atomic E-state index is 0.181. The molecule has 124 valence electrons. The zero-order valence-electron chi connectivity index (χ0n) is 12.8. The van der Waals surface area contributed by atoms with E-state index in [-0.39, 0.29) is 26.4 Å². The smallest absolute Gasteiger partial charge is 0.376 e. The molecule has 0 heterocycles. The minimum atomic E-state index is -2.06. The second-order valence-electron chi connectivity index (χ2n) is 4.10. The van der Waals surface area contributed by atoms with Gasteiger partial charge in [0.1, 0.15) is 26.4 Å². The van der Waals surface area contributed by atoms with Gasteiger partial charge in [-0.1, -0.05) is 26.7 Å². The molecule has 0 fully saturated rings. The van der Waals surface area contributed by atoms with E-state index in [1.54, 1.807) is 0 Å². The van der Waals surface area contributed by atoms with E-state index in [0.29, 0.717) is 13.2 Å². The first-order valence-corrected chi connectivity index (χ1v) is 9.43. The summed E-state index contributed by atoms with van der Waals surface area (Å²) in [6.07, 6.45) is 3.68. The molecule has 0 aliphatic rings. The van der Waals surface area contributed by atoms with Gasteiger partial charge in [0.05, 0.1) is 13.2 Å². The molecule has 0 rings (SSSR count). The Labute approximate surface area is 128 Å². The van der Waals surface area contributed by atoms with E-state index in [4.69, 9.17) is 22.8 Å². The quantitative estimate of drug-likeness (QED) is 0.309. The molecule has 2 unspecified atom stereocenters. The van der Waals surface area contributed by atoms with E-state index in [1.807, 2.05) is 13.8 Å². The third-order valence-electron chi connectivity index (χ3n) is 2.24. The zero-order valence-corrected chi connectivity index (χ0v) is 14.6. The largest absolute Gasteiger partial charge is 0.697 e. The second-order valence-corrected chi connectivity index (χ2v) is 6.03. The molecular formula is C12H26O7P2+2. The summed E-state index contributed by atoms with van der Waals surface area (Å²) in [7, 11) is -4.13. The van der Waals surface area contributed by atoms with Crippen molar-refractivity contribution in [3.63, 3.8) is 0 Å². The van der Waals surface area contributed by atoms with Crippen LogP contribution in [0.3, 0.4) is 0 Å². The Hall–Kier alpha value is -0.0000000000000000208. The van der Waals surface area contributed by atoms with Gasteiger partial charge in [0.2, 0.25) is 0 Å². The Bertz CT molecular complexity index is 250. The highest BCUT2D eigenvalue weighted by molar-refractivity contribution is 7.33. The van der Waals surface area contributed by atoms with Crippen molar-refractivity contribution in [1.82, 2.24) is 0 Å². The first kappa shape index (κ1) is 21.0. The molecule has 0 aromatic heterocycles. The summed E-state index contributed by atoms with van der Waals surface area (Å²) < 4.78 is 47.3. The maximum Gasteiger partial charge on any atom is 0.697 e. The first-order valence-electron chi connectivity index (χ1n) is 7.24. The normalized spacial score (nSPS) is 12.5. The van der Waals surface area contributed by atoms with E-state index < -0.39 is 16.5 Å². The topological polar surface area (TPSA) is 80.3 Å². The lowest BCUT2D eigenvalue weighted by atomic mass is 10.4. The van der Waals surface area contributed by atoms with Gasteiger partial charge in [-0.25, -0.2) is 0 Å². The van der Waals surface area contributed by atoms with E-state index in [1.165, 1.54) is 0 Å². The van der Waals surface area contributed by atoms with Crippen molar-refractivity contribution in [3.05, 3.63) is 0 Å². The summed E-state index contributed by atoms with van der Waals surface area (Å²) in [6.45, 7) is 5.83. The van der Waals surface area contributed by atoms with Crippen molar-refractivity contribution in [2.75, 3.05) is 39.6 Å². The Morgan fingerprint density at radius 2 is 1.00 bits per heavy atom. The van der Waals surface area contributed by atoms with Gasteiger partial charge in [0.25, 0.3) is 0 Å². The summed E-state index contributed by atoms with van der Waals surface area (Å²) in [5.74, 6) is 0. The van der Waals surface area contributed by atoms with Crippen LogP contribution in [0.5, 0.6) is 0 Å². The molecule has 0 radical (unpaired) electrons. The third kappa shape index (κ3) is 16.2. The van der Waals surface area contributed by atoms with Gasteiger partial charge in [-0.2, -0.15) is 0 Å². The summed E-state index contributed by atoms with van der Waals surface area (Å²) >= 11 is 0. The SMILES string of the molecule is CCCCO[P+](=O)OCCOCCO[P+](=O)OCCCC. The molecule has 0 saturated heterocycles. The Balaban J connectivity index is 3.24. The molecule has 0 aromatic rings. The molecule has 0 aliphatic carbocycles. The maximum absolute atomic E-state index is 11.2. The van der Waals surface area contributed by atoms with Crippen LogP contribution in [-0.4, -0.2) is 39.6 Å². The molecule has 0 saturated carbocycles. The molecule has 0 N–H and O–H groups in total. The molecule has 0 aliphatic heterocycles. The van der Waals surface area contributed by atoms with E-state index in [0.717, 1.165) is 25.7 Å². The molecule has 0 spiro atoms. The minimum Gasteiger partial charge on any atom is -0.376 e. The number of unbranched alkanes of at least 4 members (excludes halogenated alkanes) is 2. The van der Waals surface area contributed by atoms with Crippen molar-refractivity contribution in [2.45, 2.75) is 39.5 Å². The van der Waals surface area contributed by atoms with Crippen molar-refractivity contribution in [3.8, 4) is 0 Å². The van der Waals surface area contributed by atoms with Crippen molar-refractivity contribution < 1.29 is 32.0 Å². The fourth-order valence-corrected chi connectivity index (χ4v) is 2.24. The van der Waals surface area contributed by atoms with E-state index in [9.17, 15) is 9.13 Å². The number of hydrogen-bond donors (Lipinski definition) is 0. The predicted molar refractivity (Wildman–Crippen MR) is 79.7 cm³/mol. The van der Waals surface area contributed by atoms with Gasteiger partial charge >= 0.3 is 16.5 Å². The summed E-state index contributed by atoms with van der Waals surface area (Å²) in [5, 5.41) is 0. The lowest BCUT2D eigenvalue weighted by molar-refractivity contribution is 0.0703. The standard InChI is InChI=1S/C12H26O7P2/c1-3-5-7-16-20(13)18-11-9-15-10-12-19-21(14)17-8-6-4-2/h3-12H2,1-2H3/q+2. The van der Waals surface area contributed by atoms with Gasteiger partial charge < -0.3 is 4.74 Å². The van der Waals surface area contributed by atoms with Gasteiger partial charge in [-0.3, -0.25) is 0 Å². The zero-order chi connectivity index (χ0) is 15.8. The number of ether oxygens (including phenoxy) is 1. The number of hydrogen-bond acceptors (Lipinski definition) is 7. The molecule has 0 bridgehead atoms. The van der Waals surface area contributed by atoms with Crippen molar-refractivity contribution >= 4 is 16.5 Å². The second kappa shape index (κ2) is 16.4. The fourth-order valence-electron chi connectivity index (χ4n) is 1.08. The van der Waals surface area contributed by atoms with Gasteiger partial charge in [-0.05, 0) is 12.8 Å². The Morgan fingerprint density at radius 1 is 0.619 bits per heavy atom. The average molecular weight is 344 g/mol. The van der Waals surface area contributed by atoms with Crippen LogP contribution in [0.1, 0.15) is 39.5 Å². The van der Waals surface area contributed by atoms with Crippen LogP contribution in [-0.2, 0) is 32.0 Å². The fraction of sp³-hybridized carbons (Fsp3) is 1.00. The highest BCUT2D eigenvalue weighted by Crippen LogP contribution is 2.24. The third-order valence-corrected chi connectivity index (χ3v) is 3.81. The van der Waals surface area contributed by atoms with E-state index >= 15 is 0 Å². The highest BCUT2D eigenvalue weighted by atomic mass is 31.1. The molecule has 0 amide bonds. The van der Waals surface area contributed by atoms with Gasteiger partial charge in [-0.15, -0.1) is 18.1 Å². The van der Waals surface area contributed by atoms with Crippen molar-refractivity contribution in [2.24, 2.45) is 0 Å². The highest BCUT2D eigenvalue weighted by Gasteiger charge is 2.20. The van der Waals surface area contributed by atoms with Crippen LogP contribution in [0.25, 0.3) is 0 Å². The van der Waals surface area contributed by atoms with Crippen molar-refractivity contribution in [1.29, 1.82) is 0 Å². The van der Waals surface area contributed by atoms with E-state index in [2.05, 4.69) is 0 Å². The first-order chi connectivity index (χ1) is 10.2. The lowest BCUT2D eigenvalue weighted by Crippen LogP contribution is -2.06. The Morgan fingerprint density at radius 3 is 1.38 bits per heavy atom. The van der Waals surface area contributed by atoms with Gasteiger partial charge in [0.15, 0.2) is 0 Å². The van der Waals surface area contributed by atoms with Crippen LogP contribution < -0.4 is 0 Å². The lowest BCUT2D eigenvalue weighted by Gasteiger charge is -1.97. The molecule has 7 nitrogen and oxygen atoms in total. The summed E-state index contributed by atoms with van der Waals surface area (Å²) in [4.78, 5) is 0. The molecule has 9 heteroatoms. The monoisotopic (exact) mass is 344 g/mol. The van der Waals surface area contributed by atoms with Crippen LogP contribution in [0, 0.1) is 0 Å². The number of rotatable bonds is 16. The molecule has 0 aromatic carbocycles. The Kier molecular flexibility index (Phi) is 16.4.